The van der Waals surface area contributed by atoms with Crippen molar-refractivity contribution in [1.82, 2.24) is 0 Å². The Balaban J connectivity index is 1.95. The van der Waals surface area contributed by atoms with Crippen LogP contribution in [0.15, 0.2) is 71.6 Å². The minimum atomic E-state index is -3.79. The van der Waals surface area contributed by atoms with E-state index in [2.05, 4.69) is 4.72 Å². The lowest BCUT2D eigenvalue weighted by Gasteiger charge is -2.15. The molecule has 0 bridgehead atoms. The molecule has 0 aliphatic heterocycles. The standard InChI is InChI=1S/C20H18ClNO3S/c1-14-13-20(15(2)12-17(14)21)26(23,24)22-18-10-6-7-11-19(18)25-16-8-4-3-5-9-16/h3-13,22H,1-2H3. The summed E-state index contributed by atoms with van der Waals surface area (Å²) in [6, 6.07) is 19.3. The average molecular weight is 388 g/mol. The fraction of sp³-hybridized carbons (Fsp3) is 0.100. The third-order valence-corrected chi connectivity index (χ3v) is 5.76. The summed E-state index contributed by atoms with van der Waals surface area (Å²) in [7, 11) is -3.79. The zero-order chi connectivity index (χ0) is 18.7. The minimum absolute atomic E-state index is 0.189. The summed E-state index contributed by atoms with van der Waals surface area (Å²) in [6.07, 6.45) is 0. The number of halogens is 1. The van der Waals surface area contributed by atoms with Crippen LogP contribution < -0.4 is 9.46 Å². The Morgan fingerprint density at radius 1 is 0.885 bits per heavy atom. The van der Waals surface area contributed by atoms with Crippen LogP contribution in [-0.2, 0) is 10.0 Å². The zero-order valence-electron chi connectivity index (χ0n) is 14.4. The van der Waals surface area contributed by atoms with Crippen molar-refractivity contribution >= 4 is 27.3 Å². The number of sulfonamides is 1. The van der Waals surface area contributed by atoms with Crippen LogP contribution in [0.4, 0.5) is 5.69 Å². The van der Waals surface area contributed by atoms with E-state index in [1.165, 1.54) is 0 Å². The first-order valence-electron chi connectivity index (χ1n) is 7.98. The molecule has 134 valence electrons. The van der Waals surface area contributed by atoms with E-state index < -0.39 is 10.0 Å². The molecule has 0 amide bonds. The number of para-hydroxylation sites is 3. The molecule has 0 atom stereocenters. The molecule has 0 fully saturated rings. The quantitative estimate of drug-likeness (QED) is 0.624. The van der Waals surface area contributed by atoms with Gasteiger partial charge >= 0.3 is 0 Å². The highest BCUT2D eigenvalue weighted by Crippen LogP contribution is 2.32. The second kappa shape index (κ2) is 7.40. The molecule has 0 unspecified atom stereocenters. The van der Waals surface area contributed by atoms with Gasteiger partial charge in [-0.2, -0.15) is 0 Å². The second-order valence-electron chi connectivity index (χ2n) is 5.88. The third kappa shape index (κ3) is 4.00. The van der Waals surface area contributed by atoms with Gasteiger partial charge in [0.15, 0.2) is 5.75 Å². The predicted molar refractivity (Wildman–Crippen MR) is 105 cm³/mol. The summed E-state index contributed by atoms with van der Waals surface area (Å²) in [4.78, 5) is 0.189. The molecule has 1 N–H and O–H groups in total. The van der Waals surface area contributed by atoms with Crippen LogP contribution >= 0.6 is 11.6 Å². The van der Waals surface area contributed by atoms with Gasteiger partial charge in [0, 0.05) is 5.02 Å². The first kappa shape index (κ1) is 18.3. The lowest BCUT2D eigenvalue weighted by Crippen LogP contribution is -2.15. The molecular formula is C20H18ClNO3S. The van der Waals surface area contributed by atoms with Gasteiger partial charge in [-0.3, -0.25) is 4.72 Å². The number of nitrogens with one attached hydrogen (secondary N) is 1. The van der Waals surface area contributed by atoms with Gasteiger partial charge in [-0.1, -0.05) is 41.9 Å². The number of rotatable bonds is 5. The maximum absolute atomic E-state index is 12.9. The molecular weight excluding hydrogens is 370 g/mol. The SMILES string of the molecule is Cc1cc(S(=O)(=O)Nc2ccccc2Oc2ccccc2)c(C)cc1Cl. The minimum Gasteiger partial charge on any atom is -0.455 e. The van der Waals surface area contributed by atoms with Crippen molar-refractivity contribution in [1.29, 1.82) is 0 Å². The Morgan fingerprint density at radius 2 is 1.54 bits per heavy atom. The van der Waals surface area contributed by atoms with Crippen LogP contribution in [0.5, 0.6) is 11.5 Å². The highest BCUT2D eigenvalue weighted by atomic mass is 35.5. The van der Waals surface area contributed by atoms with Gasteiger partial charge in [0.1, 0.15) is 5.75 Å². The zero-order valence-corrected chi connectivity index (χ0v) is 15.9. The van der Waals surface area contributed by atoms with Gasteiger partial charge < -0.3 is 4.74 Å². The highest BCUT2D eigenvalue weighted by molar-refractivity contribution is 7.92. The van der Waals surface area contributed by atoms with E-state index in [1.807, 2.05) is 18.2 Å². The van der Waals surface area contributed by atoms with Crippen molar-refractivity contribution in [2.24, 2.45) is 0 Å². The van der Waals surface area contributed by atoms with E-state index in [1.54, 1.807) is 62.4 Å². The molecule has 0 heterocycles. The van der Waals surface area contributed by atoms with Crippen LogP contribution in [0.3, 0.4) is 0 Å². The fourth-order valence-corrected chi connectivity index (χ4v) is 4.10. The van der Waals surface area contributed by atoms with E-state index in [-0.39, 0.29) is 4.90 Å². The molecule has 3 aromatic carbocycles. The first-order valence-corrected chi connectivity index (χ1v) is 9.84. The molecule has 0 saturated heterocycles. The van der Waals surface area contributed by atoms with Crippen molar-refractivity contribution in [3.63, 3.8) is 0 Å². The Kier molecular flexibility index (Phi) is 5.20. The number of hydrogen-bond donors (Lipinski definition) is 1. The van der Waals surface area contributed by atoms with Crippen molar-refractivity contribution in [2.45, 2.75) is 18.7 Å². The van der Waals surface area contributed by atoms with Gasteiger partial charge in [0.25, 0.3) is 10.0 Å². The van der Waals surface area contributed by atoms with Gasteiger partial charge in [-0.25, -0.2) is 8.42 Å². The summed E-state index contributed by atoms with van der Waals surface area (Å²) in [5, 5.41) is 0.536. The summed E-state index contributed by atoms with van der Waals surface area (Å²) >= 11 is 6.08. The van der Waals surface area contributed by atoms with Crippen LogP contribution in [0.1, 0.15) is 11.1 Å². The van der Waals surface area contributed by atoms with Gasteiger partial charge in [0.05, 0.1) is 10.6 Å². The summed E-state index contributed by atoms with van der Waals surface area (Å²) < 4.78 is 34.2. The summed E-state index contributed by atoms with van der Waals surface area (Å²) in [6.45, 7) is 3.49. The largest absolute Gasteiger partial charge is 0.455 e. The smallest absolute Gasteiger partial charge is 0.262 e. The molecule has 0 aromatic heterocycles. The lowest BCUT2D eigenvalue weighted by molar-refractivity contribution is 0.485. The van der Waals surface area contributed by atoms with E-state index in [0.29, 0.717) is 33.3 Å². The summed E-state index contributed by atoms with van der Waals surface area (Å²) in [5.41, 5.74) is 1.64. The van der Waals surface area contributed by atoms with Crippen molar-refractivity contribution in [3.8, 4) is 11.5 Å². The molecule has 0 radical (unpaired) electrons. The molecule has 6 heteroatoms. The molecule has 0 saturated carbocycles. The second-order valence-corrected chi connectivity index (χ2v) is 7.94. The Morgan fingerprint density at radius 3 is 2.27 bits per heavy atom. The molecule has 0 aliphatic rings. The monoisotopic (exact) mass is 387 g/mol. The van der Waals surface area contributed by atoms with E-state index in [4.69, 9.17) is 16.3 Å². The Hall–Kier alpha value is -2.50. The Bertz CT molecular complexity index is 1030. The molecule has 4 nitrogen and oxygen atoms in total. The highest BCUT2D eigenvalue weighted by Gasteiger charge is 2.20. The maximum Gasteiger partial charge on any atom is 0.262 e. The normalized spacial score (nSPS) is 11.2. The number of hydrogen-bond acceptors (Lipinski definition) is 3. The maximum atomic E-state index is 12.9. The van der Waals surface area contributed by atoms with Crippen LogP contribution in [0.25, 0.3) is 0 Å². The van der Waals surface area contributed by atoms with E-state index >= 15 is 0 Å². The van der Waals surface area contributed by atoms with Gasteiger partial charge in [-0.05, 0) is 61.4 Å². The van der Waals surface area contributed by atoms with Gasteiger partial charge in [0.2, 0.25) is 0 Å². The Labute approximate surface area is 158 Å². The molecule has 0 aliphatic carbocycles. The number of ether oxygens (including phenoxy) is 1. The predicted octanol–water partition coefficient (Wildman–Crippen LogP) is 5.55. The molecule has 26 heavy (non-hydrogen) atoms. The first-order chi connectivity index (χ1) is 12.4. The lowest BCUT2D eigenvalue weighted by atomic mass is 10.2. The average Bonchev–Trinajstić information content (AvgIpc) is 2.60. The summed E-state index contributed by atoms with van der Waals surface area (Å²) in [5.74, 6) is 1.04. The third-order valence-electron chi connectivity index (χ3n) is 3.85. The topological polar surface area (TPSA) is 55.4 Å². The molecule has 0 spiro atoms. The van der Waals surface area contributed by atoms with Crippen LogP contribution in [-0.4, -0.2) is 8.42 Å². The number of aryl methyl sites for hydroxylation is 2. The van der Waals surface area contributed by atoms with Crippen LogP contribution in [0.2, 0.25) is 5.02 Å². The molecule has 3 rings (SSSR count). The van der Waals surface area contributed by atoms with Crippen LogP contribution in [0, 0.1) is 13.8 Å². The number of benzene rings is 3. The number of anilines is 1. The van der Waals surface area contributed by atoms with E-state index in [9.17, 15) is 8.42 Å². The van der Waals surface area contributed by atoms with Gasteiger partial charge in [-0.15, -0.1) is 0 Å². The van der Waals surface area contributed by atoms with Crippen molar-refractivity contribution in [2.75, 3.05) is 4.72 Å². The van der Waals surface area contributed by atoms with Crippen molar-refractivity contribution < 1.29 is 13.2 Å². The van der Waals surface area contributed by atoms with Crippen molar-refractivity contribution in [3.05, 3.63) is 82.9 Å². The van der Waals surface area contributed by atoms with E-state index in [0.717, 1.165) is 0 Å². The fourth-order valence-electron chi connectivity index (χ4n) is 2.50. The molecule has 3 aromatic rings.